The lowest BCUT2D eigenvalue weighted by atomic mass is 10.3. The highest BCUT2D eigenvalue weighted by Gasteiger charge is 2.21. The average Bonchev–Trinajstić information content (AvgIpc) is 2.33. The van der Waals surface area contributed by atoms with Crippen LogP contribution in [0.15, 0.2) is 0 Å². The average molecular weight is 184 g/mol. The minimum atomic E-state index is 0.613. The number of halogens is 1. The molecule has 0 N–H and O–H groups in total. The Morgan fingerprint density at radius 1 is 1.42 bits per heavy atom. The van der Waals surface area contributed by atoms with E-state index in [0.29, 0.717) is 5.15 Å². The molecule has 0 radical (unpaired) electrons. The maximum absolute atomic E-state index is 5.96. The number of nitrogens with zero attached hydrogens (tertiary/aromatic N) is 3. The fourth-order valence-electron chi connectivity index (χ4n) is 1.46. The monoisotopic (exact) mass is 183 g/mol. The second-order valence-electron chi connectivity index (χ2n) is 3.04. The molecular weight excluding hydrogens is 174 g/mol. The van der Waals surface area contributed by atoms with Crippen molar-refractivity contribution in [1.82, 2.24) is 9.97 Å². The van der Waals surface area contributed by atoms with Crippen molar-refractivity contribution in [1.29, 1.82) is 0 Å². The van der Waals surface area contributed by atoms with E-state index < -0.39 is 0 Å². The molecule has 0 fully saturated rings. The van der Waals surface area contributed by atoms with Crippen LogP contribution in [0.5, 0.6) is 0 Å². The molecule has 0 saturated heterocycles. The lowest BCUT2D eigenvalue weighted by Crippen LogP contribution is -2.14. The number of fused-ring (bicyclic) bond motifs is 1. The minimum absolute atomic E-state index is 0.613. The van der Waals surface area contributed by atoms with E-state index in [2.05, 4.69) is 14.9 Å². The normalized spacial score (nSPS) is 15.1. The number of rotatable bonds is 0. The Labute approximate surface area is 76.4 Å². The van der Waals surface area contributed by atoms with Gasteiger partial charge in [0.2, 0.25) is 0 Å². The molecule has 64 valence electrons. The summed E-state index contributed by atoms with van der Waals surface area (Å²) in [5.74, 6) is 1.74. The lowest BCUT2D eigenvalue weighted by Gasteiger charge is -2.10. The van der Waals surface area contributed by atoms with Gasteiger partial charge in [0.15, 0.2) is 0 Å². The van der Waals surface area contributed by atoms with Gasteiger partial charge in [0.25, 0.3) is 0 Å². The highest BCUT2D eigenvalue weighted by atomic mass is 35.5. The van der Waals surface area contributed by atoms with E-state index in [1.54, 1.807) is 0 Å². The van der Waals surface area contributed by atoms with Crippen LogP contribution in [-0.4, -0.2) is 23.6 Å². The Morgan fingerprint density at radius 3 is 2.92 bits per heavy atom. The highest BCUT2D eigenvalue weighted by Crippen LogP contribution is 2.28. The van der Waals surface area contributed by atoms with Crippen molar-refractivity contribution in [2.75, 3.05) is 18.5 Å². The third-order valence-corrected chi connectivity index (χ3v) is 2.42. The van der Waals surface area contributed by atoms with E-state index in [9.17, 15) is 0 Å². The van der Waals surface area contributed by atoms with E-state index >= 15 is 0 Å². The summed E-state index contributed by atoms with van der Waals surface area (Å²) in [5, 5.41) is 0.613. The van der Waals surface area contributed by atoms with Gasteiger partial charge in [-0.25, -0.2) is 9.97 Å². The summed E-state index contributed by atoms with van der Waals surface area (Å²) in [6.45, 7) is 2.85. The molecule has 0 spiro atoms. The SMILES string of the molecule is Cc1nc(Cl)c2c(n1)N(C)CC2. The van der Waals surface area contributed by atoms with Crippen molar-refractivity contribution in [3.05, 3.63) is 16.5 Å². The van der Waals surface area contributed by atoms with Crippen molar-refractivity contribution in [2.24, 2.45) is 0 Å². The number of hydrogen-bond acceptors (Lipinski definition) is 3. The summed E-state index contributed by atoms with van der Waals surface area (Å²) in [4.78, 5) is 10.5. The predicted octanol–water partition coefficient (Wildman–Crippen LogP) is 1.43. The number of likely N-dealkylation sites (N-methyl/N-ethyl adjacent to an activating group) is 1. The van der Waals surface area contributed by atoms with E-state index in [0.717, 1.165) is 30.2 Å². The van der Waals surface area contributed by atoms with Crippen molar-refractivity contribution >= 4 is 17.4 Å². The van der Waals surface area contributed by atoms with Gasteiger partial charge < -0.3 is 4.90 Å². The summed E-state index contributed by atoms with van der Waals surface area (Å²) >= 11 is 5.96. The van der Waals surface area contributed by atoms with Gasteiger partial charge in [-0.15, -0.1) is 0 Å². The Kier molecular flexibility index (Phi) is 1.68. The molecule has 0 aromatic carbocycles. The highest BCUT2D eigenvalue weighted by molar-refractivity contribution is 6.30. The molecular formula is C8H10ClN3. The van der Waals surface area contributed by atoms with Crippen LogP contribution >= 0.6 is 11.6 Å². The third kappa shape index (κ3) is 1.05. The zero-order valence-electron chi connectivity index (χ0n) is 7.13. The van der Waals surface area contributed by atoms with Gasteiger partial charge >= 0.3 is 0 Å². The molecule has 12 heavy (non-hydrogen) atoms. The van der Waals surface area contributed by atoms with E-state index in [1.165, 1.54) is 0 Å². The van der Waals surface area contributed by atoms with Crippen LogP contribution in [0, 0.1) is 6.92 Å². The van der Waals surface area contributed by atoms with Crippen LogP contribution in [0.2, 0.25) is 5.15 Å². The smallest absolute Gasteiger partial charge is 0.138 e. The quantitative estimate of drug-likeness (QED) is 0.570. The molecule has 0 amide bonds. The first-order valence-electron chi connectivity index (χ1n) is 3.92. The Hall–Kier alpha value is -0.830. The molecule has 0 unspecified atom stereocenters. The van der Waals surface area contributed by atoms with Gasteiger partial charge in [-0.3, -0.25) is 0 Å². The molecule has 2 rings (SSSR count). The third-order valence-electron chi connectivity index (χ3n) is 2.11. The van der Waals surface area contributed by atoms with Crippen LogP contribution in [-0.2, 0) is 6.42 Å². The maximum atomic E-state index is 5.96. The number of hydrogen-bond donors (Lipinski definition) is 0. The molecule has 0 atom stereocenters. The number of anilines is 1. The Balaban J connectivity index is 2.60. The van der Waals surface area contributed by atoms with Crippen LogP contribution in [0.25, 0.3) is 0 Å². The number of aromatic nitrogens is 2. The van der Waals surface area contributed by atoms with Crippen LogP contribution < -0.4 is 4.90 Å². The summed E-state index contributed by atoms with van der Waals surface area (Å²) in [7, 11) is 2.02. The minimum Gasteiger partial charge on any atom is -0.359 e. The topological polar surface area (TPSA) is 29.0 Å². The van der Waals surface area contributed by atoms with Gasteiger partial charge in [0, 0.05) is 19.2 Å². The van der Waals surface area contributed by atoms with Crippen LogP contribution in [0.3, 0.4) is 0 Å². The van der Waals surface area contributed by atoms with Gasteiger partial charge in [-0.05, 0) is 13.3 Å². The molecule has 1 aromatic heterocycles. The lowest BCUT2D eigenvalue weighted by molar-refractivity contribution is 0.941. The fraction of sp³-hybridized carbons (Fsp3) is 0.500. The summed E-state index contributed by atoms with van der Waals surface area (Å²) in [5.41, 5.74) is 1.09. The second kappa shape index (κ2) is 2.59. The predicted molar refractivity (Wildman–Crippen MR) is 48.8 cm³/mol. The molecule has 0 saturated carbocycles. The van der Waals surface area contributed by atoms with Crippen molar-refractivity contribution in [3.63, 3.8) is 0 Å². The number of aryl methyl sites for hydroxylation is 1. The van der Waals surface area contributed by atoms with E-state index in [-0.39, 0.29) is 0 Å². The molecule has 1 aromatic rings. The fourth-order valence-corrected chi connectivity index (χ4v) is 1.76. The molecule has 3 nitrogen and oxygen atoms in total. The van der Waals surface area contributed by atoms with Crippen molar-refractivity contribution in [2.45, 2.75) is 13.3 Å². The van der Waals surface area contributed by atoms with Crippen LogP contribution in [0.1, 0.15) is 11.4 Å². The van der Waals surface area contributed by atoms with Gasteiger partial charge in [-0.2, -0.15) is 0 Å². The summed E-state index contributed by atoms with van der Waals surface area (Å²) in [6.07, 6.45) is 0.963. The Bertz CT molecular complexity index is 324. The molecule has 0 aliphatic carbocycles. The van der Waals surface area contributed by atoms with E-state index in [1.807, 2.05) is 14.0 Å². The molecule has 1 aliphatic rings. The van der Waals surface area contributed by atoms with Crippen LogP contribution in [0.4, 0.5) is 5.82 Å². The molecule has 2 heterocycles. The van der Waals surface area contributed by atoms with Gasteiger partial charge in [0.05, 0.1) is 0 Å². The first-order chi connectivity index (χ1) is 5.68. The Morgan fingerprint density at radius 2 is 2.17 bits per heavy atom. The maximum Gasteiger partial charge on any atom is 0.138 e. The molecule has 1 aliphatic heterocycles. The zero-order valence-corrected chi connectivity index (χ0v) is 7.89. The first kappa shape index (κ1) is 7.80. The second-order valence-corrected chi connectivity index (χ2v) is 3.39. The van der Waals surface area contributed by atoms with Gasteiger partial charge in [-0.1, -0.05) is 11.6 Å². The molecule has 4 heteroatoms. The van der Waals surface area contributed by atoms with Crippen molar-refractivity contribution < 1.29 is 0 Å². The standard InChI is InChI=1S/C8H10ClN3/c1-5-10-7(9)6-3-4-12(2)8(6)11-5/h3-4H2,1-2H3. The largest absolute Gasteiger partial charge is 0.359 e. The zero-order chi connectivity index (χ0) is 8.72. The van der Waals surface area contributed by atoms with E-state index in [4.69, 9.17) is 11.6 Å². The summed E-state index contributed by atoms with van der Waals surface area (Å²) in [6, 6.07) is 0. The molecule has 0 bridgehead atoms. The first-order valence-corrected chi connectivity index (χ1v) is 4.30. The summed E-state index contributed by atoms with van der Waals surface area (Å²) < 4.78 is 0. The van der Waals surface area contributed by atoms with Gasteiger partial charge in [0.1, 0.15) is 16.8 Å². The van der Waals surface area contributed by atoms with Crippen molar-refractivity contribution in [3.8, 4) is 0 Å².